The molecule has 4 bridgehead atoms. The van der Waals surface area contributed by atoms with Gasteiger partial charge in [0.2, 0.25) is 17.7 Å². The van der Waals surface area contributed by atoms with Gasteiger partial charge >= 0.3 is 0 Å². The minimum Gasteiger partial charge on any atom is -0.492 e. The molecule has 1 aliphatic rings. The summed E-state index contributed by atoms with van der Waals surface area (Å²) in [6.07, 6.45) is -0.258. The van der Waals surface area contributed by atoms with Gasteiger partial charge in [-0.1, -0.05) is 49.7 Å². The largest absolute Gasteiger partial charge is 0.492 e. The molecule has 0 fully saturated rings. The lowest BCUT2D eigenvalue weighted by Crippen LogP contribution is -2.46. The van der Waals surface area contributed by atoms with Crippen LogP contribution in [0.25, 0.3) is 11.1 Å². The first-order chi connectivity index (χ1) is 28.6. The highest BCUT2D eigenvalue weighted by Crippen LogP contribution is 2.41. The zero-order valence-corrected chi connectivity index (χ0v) is 35.8. The van der Waals surface area contributed by atoms with Crippen LogP contribution in [-0.4, -0.2) is 92.5 Å². The second kappa shape index (κ2) is 22.2. The van der Waals surface area contributed by atoms with Gasteiger partial charge in [-0.3, -0.25) is 28.8 Å². The highest BCUT2D eigenvalue weighted by atomic mass is 16.5. The second-order valence-corrected chi connectivity index (χ2v) is 15.7. The van der Waals surface area contributed by atoms with Gasteiger partial charge in [-0.25, -0.2) is 0 Å². The monoisotopic (exact) mass is 826 g/mol. The number of aryl methyl sites for hydroxylation is 2. The number of rotatable bonds is 18. The highest BCUT2D eigenvalue weighted by Gasteiger charge is 2.36. The molecule has 1 heterocycles. The van der Waals surface area contributed by atoms with Crippen LogP contribution in [-0.2, 0) is 30.4 Å². The van der Waals surface area contributed by atoms with Crippen LogP contribution in [0.4, 0.5) is 0 Å². The maximum atomic E-state index is 14.7. The number of ketones is 3. The smallest absolute Gasteiger partial charge is 0.226 e. The van der Waals surface area contributed by atoms with Gasteiger partial charge in [-0.2, -0.15) is 0 Å². The first kappa shape index (κ1) is 47.2. The molecule has 5 atom stereocenters. The fourth-order valence-corrected chi connectivity index (χ4v) is 7.63. The lowest BCUT2D eigenvalue weighted by Gasteiger charge is -2.32. The van der Waals surface area contributed by atoms with Crippen molar-refractivity contribution in [2.45, 2.75) is 78.8 Å². The van der Waals surface area contributed by atoms with Gasteiger partial charge in [-0.15, -0.1) is 0 Å². The molecule has 60 heavy (non-hydrogen) atoms. The third-order valence-corrected chi connectivity index (χ3v) is 10.8. The number of hydrogen-bond donors (Lipinski definition) is 5. The van der Waals surface area contributed by atoms with E-state index < -0.39 is 47.4 Å². The summed E-state index contributed by atoms with van der Waals surface area (Å²) in [6.45, 7) is 10.1. The number of benzene rings is 3. The van der Waals surface area contributed by atoms with E-state index in [1.54, 1.807) is 57.2 Å². The summed E-state index contributed by atoms with van der Waals surface area (Å²) in [6, 6.07) is 13.8. The fraction of sp³-hybridized carbons (Fsp3) is 0.478. The molecule has 1 aliphatic heterocycles. The van der Waals surface area contributed by atoms with Crippen molar-refractivity contribution in [1.29, 1.82) is 0 Å². The number of amides is 3. The zero-order valence-electron chi connectivity index (χ0n) is 35.8. The van der Waals surface area contributed by atoms with Crippen molar-refractivity contribution < 1.29 is 38.2 Å². The van der Waals surface area contributed by atoms with Crippen molar-refractivity contribution in [3.05, 3.63) is 82.4 Å². The summed E-state index contributed by atoms with van der Waals surface area (Å²) in [4.78, 5) is 84.7. The number of likely N-dealkylation sites (N-methyl/N-ethyl adjacent to an activating group) is 1. The second-order valence-electron chi connectivity index (χ2n) is 15.7. The summed E-state index contributed by atoms with van der Waals surface area (Å²) < 4.78 is 12.3. The summed E-state index contributed by atoms with van der Waals surface area (Å²) in [5, 5.41) is 5.62. The number of carbonyl (C=O) groups is 6. The number of nitrogens with zero attached hydrogens (tertiary/aromatic N) is 1. The molecule has 0 aromatic heterocycles. The number of nitrogens with two attached hydrogens (primary N) is 3. The van der Waals surface area contributed by atoms with Crippen LogP contribution in [0.2, 0.25) is 0 Å². The lowest BCUT2D eigenvalue weighted by atomic mass is 9.87. The van der Waals surface area contributed by atoms with Gasteiger partial charge in [-0.05, 0) is 81.1 Å². The molecular weight excluding hydrogens is 765 g/mol. The summed E-state index contributed by atoms with van der Waals surface area (Å²) >= 11 is 0. The molecule has 3 aromatic carbocycles. The summed E-state index contributed by atoms with van der Waals surface area (Å²) in [5.74, 6) is -3.82. The van der Waals surface area contributed by atoms with Gasteiger partial charge in [0.25, 0.3) is 0 Å². The molecule has 324 valence electrons. The van der Waals surface area contributed by atoms with E-state index in [1.165, 1.54) is 11.9 Å². The SMILES string of the molecule is CCNC(=O)[C@H](C)CC(=O)[C@@H]1Cc2ccc(OCCN)c(c2)-c2cc(ccc2OCCN)[C@H](N(C)C(=O)[C@H](CCN)CC(=O)c2ccc(C)cc2C)C(=O)C[C@@H](C)C(=O)N1. The van der Waals surface area contributed by atoms with E-state index in [-0.39, 0.29) is 82.4 Å². The Morgan fingerprint density at radius 3 is 2.13 bits per heavy atom. The number of Topliss-reactive ketones (excluding diaryl/α,β-unsaturated/α-hetero) is 3. The van der Waals surface area contributed by atoms with Crippen molar-refractivity contribution in [3.63, 3.8) is 0 Å². The number of hydrogen-bond acceptors (Lipinski definition) is 11. The van der Waals surface area contributed by atoms with Crippen molar-refractivity contribution in [3.8, 4) is 22.6 Å². The predicted octanol–water partition coefficient (Wildman–Crippen LogP) is 3.75. The fourth-order valence-electron chi connectivity index (χ4n) is 7.63. The Hall–Kier alpha value is -5.44. The average molecular weight is 827 g/mol. The minimum atomic E-state index is -1.21. The van der Waals surface area contributed by atoms with E-state index >= 15 is 0 Å². The highest BCUT2D eigenvalue weighted by molar-refractivity contribution is 6.01. The first-order valence-electron chi connectivity index (χ1n) is 20.8. The summed E-state index contributed by atoms with van der Waals surface area (Å²) in [5.41, 5.74) is 22.2. The molecule has 4 rings (SSSR count). The Labute approximate surface area is 353 Å². The van der Waals surface area contributed by atoms with E-state index in [1.807, 2.05) is 32.0 Å². The van der Waals surface area contributed by atoms with Gasteiger partial charge < -0.3 is 42.2 Å². The Bertz CT molecular complexity index is 2040. The molecule has 0 aliphatic carbocycles. The number of ether oxygens (including phenoxy) is 2. The molecule has 3 aromatic rings. The molecule has 3 amide bonds. The quantitative estimate of drug-likeness (QED) is 0.116. The zero-order chi connectivity index (χ0) is 44.1. The van der Waals surface area contributed by atoms with Crippen molar-refractivity contribution in [1.82, 2.24) is 15.5 Å². The molecule has 14 nitrogen and oxygen atoms in total. The third kappa shape index (κ3) is 12.1. The molecule has 0 spiro atoms. The van der Waals surface area contributed by atoms with Crippen LogP contribution < -0.4 is 37.3 Å². The van der Waals surface area contributed by atoms with E-state index in [4.69, 9.17) is 26.7 Å². The number of nitrogens with one attached hydrogen (secondary N) is 2. The minimum absolute atomic E-state index is 0.0828. The molecule has 8 N–H and O–H groups in total. The molecule has 0 unspecified atom stereocenters. The standard InChI is InChI=1S/C46H62N6O8/c1-7-50-44(56)29(4)21-39(54)37-24-31-9-12-41(59-18-16-48)35(23-31)36-25-32(10-13-42(36)60-19-17-49)43(40(55)22-30(5)45(57)51-37)52(6)46(58)33(14-15-47)26-38(53)34-11-8-27(2)20-28(34)3/h8-13,20,23,25,29-30,33,37,43H,7,14-19,21-22,24,26,47-49H2,1-6H3,(H,50,56)(H,51,57)/t29-,30-,33-,37+,43+/m1/s1. The van der Waals surface area contributed by atoms with Crippen LogP contribution in [0.1, 0.15) is 85.1 Å². The maximum Gasteiger partial charge on any atom is 0.226 e. The van der Waals surface area contributed by atoms with Crippen LogP contribution in [0.3, 0.4) is 0 Å². The van der Waals surface area contributed by atoms with Crippen LogP contribution in [0.5, 0.6) is 11.5 Å². The molecule has 0 saturated carbocycles. The van der Waals surface area contributed by atoms with E-state index in [0.717, 1.165) is 11.1 Å². The Kier molecular flexibility index (Phi) is 17.5. The van der Waals surface area contributed by atoms with Gasteiger partial charge in [0.05, 0.1) is 6.04 Å². The normalized spacial score (nSPS) is 17.7. The van der Waals surface area contributed by atoms with Gasteiger partial charge in [0, 0.05) is 80.4 Å². The average Bonchev–Trinajstić information content (AvgIpc) is 3.21. The molecule has 14 heteroatoms. The first-order valence-corrected chi connectivity index (χ1v) is 20.8. The molecule has 0 saturated heterocycles. The molecular formula is C46H62N6O8. The number of fused-ring (bicyclic) bond motifs is 5. The Morgan fingerprint density at radius 1 is 0.867 bits per heavy atom. The predicted molar refractivity (Wildman–Crippen MR) is 230 cm³/mol. The van der Waals surface area contributed by atoms with E-state index in [0.29, 0.717) is 45.9 Å². The topological polar surface area (TPSA) is 226 Å². The third-order valence-electron chi connectivity index (χ3n) is 10.8. The van der Waals surface area contributed by atoms with Crippen molar-refractivity contribution >= 4 is 35.1 Å². The van der Waals surface area contributed by atoms with Crippen LogP contribution >= 0.6 is 0 Å². The summed E-state index contributed by atoms with van der Waals surface area (Å²) in [7, 11) is 1.52. The number of carbonyl (C=O) groups excluding carboxylic acids is 6. The van der Waals surface area contributed by atoms with E-state index in [2.05, 4.69) is 10.6 Å². The lowest BCUT2D eigenvalue weighted by molar-refractivity contribution is -0.142. The van der Waals surface area contributed by atoms with Crippen molar-refractivity contribution in [2.75, 3.05) is 46.4 Å². The van der Waals surface area contributed by atoms with Crippen molar-refractivity contribution in [2.24, 2.45) is 35.0 Å². The Morgan fingerprint density at radius 2 is 1.52 bits per heavy atom. The van der Waals surface area contributed by atoms with Crippen LogP contribution in [0.15, 0.2) is 54.6 Å². The Balaban J connectivity index is 1.87. The van der Waals surface area contributed by atoms with Crippen LogP contribution in [0, 0.1) is 31.6 Å². The van der Waals surface area contributed by atoms with Gasteiger partial charge in [0.1, 0.15) is 30.8 Å². The molecule has 0 radical (unpaired) electrons. The maximum absolute atomic E-state index is 14.7. The van der Waals surface area contributed by atoms with E-state index in [9.17, 15) is 28.8 Å². The van der Waals surface area contributed by atoms with Gasteiger partial charge in [0.15, 0.2) is 17.3 Å².